The van der Waals surface area contributed by atoms with Crippen LogP contribution >= 0.6 is 0 Å². The second-order valence-corrected chi connectivity index (χ2v) is 10.1. The molecule has 1 rings (SSSR count). The van der Waals surface area contributed by atoms with Crippen LogP contribution in [0, 0.1) is 0 Å². The van der Waals surface area contributed by atoms with Crippen LogP contribution < -0.4 is 0 Å². The molecule has 1 saturated heterocycles. The Morgan fingerprint density at radius 3 is 2.27 bits per heavy atom. The van der Waals surface area contributed by atoms with Gasteiger partial charge < -0.3 is 44.5 Å². The van der Waals surface area contributed by atoms with Crippen LogP contribution in [-0.2, 0) is 23.7 Å². The molecule has 0 saturated carbocycles. The highest BCUT2D eigenvalue weighted by atomic mass is 16.7. The average Bonchev–Trinajstić information content (AvgIpc) is 2.96. The molecule has 5 N–H and O–H groups in total. The molecule has 7 atom stereocenters. The Labute approximate surface area is 239 Å². The van der Waals surface area contributed by atoms with E-state index in [0.29, 0.717) is 19.3 Å². The molecule has 0 spiro atoms. The van der Waals surface area contributed by atoms with Crippen LogP contribution in [0.1, 0.15) is 77.6 Å². The summed E-state index contributed by atoms with van der Waals surface area (Å²) in [5, 5.41) is 49.4. The summed E-state index contributed by atoms with van der Waals surface area (Å²) in [5.41, 5.74) is 0. The maximum absolute atomic E-state index is 11.3. The third-order valence-electron chi connectivity index (χ3n) is 6.55. The zero-order valence-electron chi connectivity index (χ0n) is 24.2. The van der Waals surface area contributed by atoms with Crippen molar-refractivity contribution in [3.8, 4) is 0 Å². The van der Waals surface area contributed by atoms with E-state index < -0.39 is 43.4 Å². The Hall–Kier alpha value is -1.63. The summed E-state index contributed by atoms with van der Waals surface area (Å²) in [6, 6.07) is 0. The van der Waals surface area contributed by atoms with Crippen molar-refractivity contribution >= 4 is 5.97 Å². The molecule has 232 valence electrons. The number of rotatable bonds is 22. The highest BCUT2D eigenvalue weighted by molar-refractivity contribution is 5.69. The summed E-state index contributed by atoms with van der Waals surface area (Å²) in [6.07, 6.45) is 14.3. The Bertz CT molecular complexity index is 725. The minimum Gasteiger partial charge on any atom is -0.469 e. The van der Waals surface area contributed by atoms with Gasteiger partial charge in [-0.25, -0.2) is 0 Å². The highest BCUT2D eigenvalue weighted by Crippen LogP contribution is 2.23. The smallest absolute Gasteiger partial charge is 0.305 e. The molecule has 10 heteroatoms. The molecule has 1 heterocycles. The molecule has 0 bridgehead atoms. The monoisotopic (exact) mass is 572 g/mol. The van der Waals surface area contributed by atoms with Gasteiger partial charge in [0, 0.05) is 6.42 Å². The van der Waals surface area contributed by atoms with Gasteiger partial charge in [0.1, 0.15) is 30.5 Å². The van der Waals surface area contributed by atoms with E-state index in [-0.39, 0.29) is 25.3 Å². The SMILES string of the molecule is CCCCC/C=C\CCC/C=C/[C@H](C/C=C\CCCC(=O)OC)OC[C@H]1O[C@@H](OC[C@H](O)CO)[C@H](O)[C@@H](O)[C@H]1O. The second kappa shape index (κ2) is 23.0. The van der Waals surface area contributed by atoms with Crippen molar-refractivity contribution in [2.75, 3.05) is 26.9 Å². The van der Waals surface area contributed by atoms with E-state index in [9.17, 15) is 25.2 Å². The fraction of sp³-hybridized carbons (Fsp3) is 0.767. The molecule has 40 heavy (non-hydrogen) atoms. The number of unbranched alkanes of at least 4 members (excludes halogenated alkanes) is 6. The standard InChI is InChI=1S/C30H52O10/c1-3-4-5-6-7-8-9-10-11-14-17-24(18-15-12-13-16-19-26(33)37-2)38-22-25-27(34)28(35)29(36)30(40-25)39-21-23(32)20-31/h7-8,12,14-15,17,23-25,27-32,34-36H,3-6,9-11,13,16,18-22H2,1-2H3/b8-7-,15-12-,17-14+/t23-,24-,25-,27+,28+,29-,30-/m1/s1. The number of carbonyl (C=O) groups excluding carboxylic acids is 1. The summed E-state index contributed by atoms with van der Waals surface area (Å²) in [7, 11) is 1.37. The van der Waals surface area contributed by atoms with Crippen molar-refractivity contribution in [1.82, 2.24) is 0 Å². The maximum Gasteiger partial charge on any atom is 0.305 e. The van der Waals surface area contributed by atoms with Gasteiger partial charge in [0.15, 0.2) is 6.29 Å². The molecule has 10 nitrogen and oxygen atoms in total. The van der Waals surface area contributed by atoms with E-state index in [0.717, 1.165) is 32.1 Å². The van der Waals surface area contributed by atoms with Crippen LogP contribution in [0.2, 0.25) is 0 Å². The molecule has 0 radical (unpaired) electrons. The summed E-state index contributed by atoms with van der Waals surface area (Å²) < 4.78 is 21.6. The Morgan fingerprint density at radius 2 is 1.57 bits per heavy atom. The van der Waals surface area contributed by atoms with Gasteiger partial charge in [0.25, 0.3) is 0 Å². The molecular formula is C30H52O10. The lowest BCUT2D eigenvalue weighted by molar-refractivity contribution is -0.307. The van der Waals surface area contributed by atoms with Crippen molar-refractivity contribution in [3.63, 3.8) is 0 Å². The molecule has 1 aliphatic rings. The Kier molecular flexibility index (Phi) is 20.9. The van der Waals surface area contributed by atoms with Crippen LogP contribution in [0.15, 0.2) is 36.5 Å². The lowest BCUT2D eigenvalue weighted by atomic mass is 9.99. The van der Waals surface area contributed by atoms with Gasteiger partial charge in [-0.3, -0.25) is 4.79 Å². The largest absolute Gasteiger partial charge is 0.469 e. The van der Waals surface area contributed by atoms with E-state index in [1.165, 1.54) is 26.4 Å². The molecule has 0 aromatic heterocycles. The van der Waals surface area contributed by atoms with Gasteiger partial charge in [-0.15, -0.1) is 0 Å². The summed E-state index contributed by atoms with van der Waals surface area (Å²) >= 11 is 0. The van der Waals surface area contributed by atoms with Gasteiger partial charge in [-0.2, -0.15) is 0 Å². The van der Waals surface area contributed by atoms with Gasteiger partial charge in [0.2, 0.25) is 0 Å². The van der Waals surface area contributed by atoms with Crippen LogP contribution in [0.5, 0.6) is 0 Å². The third-order valence-corrected chi connectivity index (χ3v) is 6.55. The number of aliphatic hydroxyl groups is 5. The third kappa shape index (κ3) is 16.0. The van der Waals surface area contributed by atoms with E-state index >= 15 is 0 Å². The number of aliphatic hydroxyl groups excluding tert-OH is 5. The first kappa shape index (κ1) is 36.4. The number of hydrogen-bond donors (Lipinski definition) is 5. The average molecular weight is 573 g/mol. The fourth-order valence-electron chi connectivity index (χ4n) is 4.04. The first-order chi connectivity index (χ1) is 19.3. The minimum absolute atomic E-state index is 0.0704. The normalized spacial score (nSPS) is 25.2. The van der Waals surface area contributed by atoms with E-state index in [2.05, 4.69) is 29.9 Å². The van der Waals surface area contributed by atoms with Gasteiger partial charge in [-0.05, 0) is 51.4 Å². The molecule has 0 aromatic carbocycles. The molecular weight excluding hydrogens is 520 g/mol. The number of carbonyl (C=O) groups is 1. The first-order valence-electron chi connectivity index (χ1n) is 14.6. The number of esters is 1. The maximum atomic E-state index is 11.3. The van der Waals surface area contributed by atoms with E-state index in [4.69, 9.17) is 19.3 Å². The lowest BCUT2D eigenvalue weighted by Gasteiger charge is -2.40. The van der Waals surface area contributed by atoms with Crippen molar-refractivity contribution in [1.29, 1.82) is 0 Å². The number of hydrogen-bond acceptors (Lipinski definition) is 10. The van der Waals surface area contributed by atoms with Crippen molar-refractivity contribution in [2.24, 2.45) is 0 Å². The van der Waals surface area contributed by atoms with Crippen LogP contribution in [0.3, 0.4) is 0 Å². The topological polar surface area (TPSA) is 155 Å². The summed E-state index contributed by atoms with van der Waals surface area (Å²) in [5.74, 6) is -0.236. The zero-order valence-corrected chi connectivity index (χ0v) is 24.2. The van der Waals surface area contributed by atoms with Crippen LogP contribution in [0.25, 0.3) is 0 Å². The van der Waals surface area contributed by atoms with Gasteiger partial charge in [-0.1, -0.05) is 56.2 Å². The second-order valence-electron chi connectivity index (χ2n) is 10.1. The van der Waals surface area contributed by atoms with E-state index in [1.807, 2.05) is 18.2 Å². The molecule has 1 aliphatic heterocycles. The van der Waals surface area contributed by atoms with Crippen LogP contribution in [0.4, 0.5) is 0 Å². The quantitative estimate of drug-likeness (QED) is 0.0743. The highest BCUT2D eigenvalue weighted by Gasteiger charge is 2.44. The van der Waals surface area contributed by atoms with Gasteiger partial charge in [0.05, 0.1) is 33.0 Å². The Morgan fingerprint density at radius 1 is 0.900 bits per heavy atom. The number of ether oxygens (including phenoxy) is 4. The van der Waals surface area contributed by atoms with E-state index in [1.54, 1.807) is 0 Å². The molecule has 1 fully saturated rings. The number of methoxy groups -OCH3 is 1. The minimum atomic E-state index is -1.53. The Balaban J connectivity index is 2.64. The lowest BCUT2D eigenvalue weighted by Crippen LogP contribution is -2.59. The molecule has 0 amide bonds. The fourth-order valence-corrected chi connectivity index (χ4v) is 4.04. The predicted molar refractivity (Wildman–Crippen MR) is 151 cm³/mol. The molecule has 0 aromatic rings. The molecule has 0 aliphatic carbocycles. The van der Waals surface area contributed by atoms with Gasteiger partial charge >= 0.3 is 5.97 Å². The number of allylic oxidation sites excluding steroid dienone is 4. The first-order valence-corrected chi connectivity index (χ1v) is 14.6. The van der Waals surface area contributed by atoms with Crippen molar-refractivity contribution in [3.05, 3.63) is 36.5 Å². The molecule has 0 unspecified atom stereocenters. The van der Waals surface area contributed by atoms with Crippen LogP contribution in [-0.4, -0.2) is 101 Å². The predicted octanol–water partition coefficient (Wildman–Crippen LogP) is 2.70. The van der Waals surface area contributed by atoms with Crippen molar-refractivity contribution in [2.45, 2.75) is 120 Å². The van der Waals surface area contributed by atoms with Crippen molar-refractivity contribution < 1.29 is 49.3 Å². The summed E-state index contributed by atoms with van der Waals surface area (Å²) in [6.45, 7) is 1.29. The zero-order chi connectivity index (χ0) is 29.6. The summed E-state index contributed by atoms with van der Waals surface area (Å²) in [4.78, 5) is 11.3.